The summed E-state index contributed by atoms with van der Waals surface area (Å²) in [5.41, 5.74) is -0.895. The van der Waals surface area contributed by atoms with E-state index in [1.54, 1.807) is 0 Å². The SMILES string of the molecule is COc1ccc(-c2cc(=O)c3c(O)cc(O)c(O[C@@H]4OC(CO)[C@@H](O)[C@H](O)C4O)c3o2)cc1O. The molecule has 12 heteroatoms. The second kappa shape index (κ2) is 9.00. The molecule has 0 bridgehead atoms. The molecule has 12 nitrogen and oxygen atoms in total. The van der Waals surface area contributed by atoms with Crippen LogP contribution >= 0.6 is 0 Å². The van der Waals surface area contributed by atoms with Gasteiger partial charge in [0, 0.05) is 17.7 Å². The fourth-order valence-corrected chi connectivity index (χ4v) is 3.66. The number of aliphatic hydroxyl groups excluding tert-OH is 4. The molecule has 34 heavy (non-hydrogen) atoms. The Kier molecular flexibility index (Phi) is 6.25. The number of hydrogen-bond donors (Lipinski definition) is 7. The summed E-state index contributed by atoms with van der Waals surface area (Å²) in [4.78, 5) is 12.8. The third-order valence-corrected chi connectivity index (χ3v) is 5.46. The summed E-state index contributed by atoms with van der Waals surface area (Å²) < 4.78 is 21.5. The Morgan fingerprint density at radius 1 is 0.941 bits per heavy atom. The molecule has 0 saturated carbocycles. The van der Waals surface area contributed by atoms with Crippen molar-refractivity contribution in [3.63, 3.8) is 0 Å². The van der Waals surface area contributed by atoms with Gasteiger partial charge in [0.2, 0.25) is 12.0 Å². The number of phenols is 3. The van der Waals surface area contributed by atoms with Gasteiger partial charge in [-0.05, 0) is 18.2 Å². The summed E-state index contributed by atoms with van der Waals surface area (Å²) in [6.07, 6.45) is -8.20. The first-order valence-electron chi connectivity index (χ1n) is 10.0. The predicted molar refractivity (Wildman–Crippen MR) is 114 cm³/mol. The number of fused-ring (bicyclic) bond motifs is 1. The van der Waals surface area contributed by atoms with Gasteiger partial charge in [-0.25, -0.2) is 0 Å². The summed E-state index contributed by atoms with van der Waals surface area (Å²) in [5, 5.41) is 69.9. The van der Waals surface area contributed by atoms with Crippen LogP contribution in [0.25, 0.3) is 22.3 Å². The highest BCUT2D eigenvalue weighted by molar-refractivity contribution is 5.91. The van der Waals surface area contributed by atoms with Crippen LogP contribution in [-0.2, 0) is 4.74 Å². The molecule has 5 atom stereocenters. The molecule has 1 aliphatic rings. The van der Waals surface area contributed by atoms with E-state index in [4.69, 9.17) is 18.6 Å². The molecule has 2 aromatic carbocycles. The van der Waals surface area contributed by atoms with Crippen molar-refractivity contribution in [2.75, 3.05) is 13.7 Å². The summed E-state index contributed by atoms with van der Waals surface area (Å²) in [6, 6.07) is 6.06. The van der Waals surface area contributed by atoms with Crippen molar-refractivity contribution in [1.82, 2.24) is 0 Å². The molecule has 1 saturated heterocycles. The molecule has 0 spiro atoms. The fourth-order valence-electron chi connectivity index (χ4n) is 3.66. The number of rotatable bonds is 5. The minimum absolute atomic E-state index is 0.0703. The largest absolute Gasteiger partial charge is 0.507 e. The lowest BCUT2D eigenvalue weighted by molar-refractivity contribution is -0.277. The second-order valence-electron chi connectivity index (χ2n) is 7.62. The zero-order valence-corrected chi connectivity index (χ0v) is 17.7. The van der Waals surface area contributed by atoms with Gasteiger partial charge in [-0.3, -0.25) is 4.79 Å². The fraction of sp³-hybridized carbons (Fsp3) is 0.318. The summed E-state index contributed by atoms with van der Waals surface area (Å²) in [7, 11) is 1.36. The van der Waals surface area contributed by atoms with Crippen LogP contribution in [0.15, 0.2) is 39.5 Å². The van der Waals surface area contributed by atoms with Crippen molar-refractivity contribution in [2.45, 2.75) is 30.7 Å². The zero-order chi connectivity index (χ0) is 24.7. The molecule has 4 rings (SSSR count). The van der Waals surface area contributed by atoms with E-state index in [9.17, 15) is 40.5 Å². The molecule has 1 aromatic heterocycles. The van der Waals surface area contributed by atoms with Gasteiger partial charge in [-0.1, -0.05) is 0 Å². The normalized spacial score (nSPS) is 24.8. The van der Waals surface area contributed by atoms with E-state index in [1.165, 1.54) is 25.3 Å². The molecule has 0 aliphatic carbocycles. The smallest absolute Gasteiger partial charge is 0.229 e. The number of aliphatic hydroxyl groups is 4. The van der Waals surface area contributed by atoms with Crippen LogP contribution in [0.2, 0.25) is 0 Å². The van der Waals surface area contributed by atoms with Crippen LogP contribution in [0, 0.1) is 0 Å². The Labute approximate surface area is 191 Å². The molecular formula is C22H22O12. The van der Waals surface area contributed by atoms with Crippen molar-refractivity contribution >= 4 is 11.0 Å². The molecule has 2 unspecified atom stereocenters. The van der Waals surface area contributed by atoms with Crippen molar-refractivity contribution < 1.29 is 54.4 Å². The van der Waals surface area contributed by atoms with E-state index in [-0.39, 0.29) is 28.2 Å². The molecule has 0 radical (unpaired) electrons. The quantitative estimate of drug-likeness (QED) is 0.254. The van der Waals surface area contributed by atoms with E-state index >= 15 is 0 Å². The lowest BCUT2D eigenvalue weighted by Gasteiger charge is -2.39. The Bertz CT molecular complexity index is 1270. The number of aromatic hydroxyl groups is 3. The lowest BCUT2D eigenvalue weighted by Crippen LogP contribution is -2.60. The van der Waals surface area contributed by atoms with Crippen LogP contribution in [0.3, 0.4) is 0 Å². The molecule has 1 fully saturated rings. The molecule has 0 amide bonds. The first kappa shape index (κ1) is 23.6. The maximum atomic E-state index is 12.8. The predicted octanol–water partition coefficient (Wildman–Crippen LogP) is -0.236. The van der Waals surface area contributed by atoms with Gasteiger partial charge in [0.15, 0.2) is 28.3 Å². The van der Waals surface area contributed by atoms with E-state index in [0.717, 1.165) is 12.1 Å². The third kappa shape index (κ3) is 3.97. The van der Waals surface area contributed by atoms with E-state index in [2.05, 4.69) is 0 Å². The lowest BCUT2D eigenvalue weighted by atomic mass is 9.99. The maximum Gasteiger partial charge on any atom is 0.229 e. The third-order valence-electron chi connectivity index (χ3n) is 5.46. The molecule has 1 aliphatic heterocycles. The number of methoxy groups -OCH3 is 1. The molecule has 7 N–H and O–H groups in total. The monoisotopic (exact) mass is 478 g/mol. The van der Waals surface area contributed by atoms with Gasteiger partial charge in [0.25, 0.3) is 0 Å². The minimum Gasteiger partial charge on any atom is -0.507 e. The van der Waals surface area contributed by atoms with Crippen molar-refractivity contribution in [2.24, 2.45) is 0 Å². The van der Waals surface area contributed by atoms with Crippen molar-refractivity contribution in [1.29, 1.82) is 0 Å². The molecular weight excluding hydrogens is 456 g/mol. The van der Waals surface area contributed by atoms with Gasteiger partial charge < -0.3 is 54.4 Å². The Hall–Kier alpha value is -3.55. The van der Waals surface area contributed by atoms with E-state index < -0.39 is 65.6 Å². The van der Waals surface area contributed by atoms with Crippen molar-refractivity contribution in [3.8, 4) is 40.1 Å². The summed E-state index contributed by atoms with van der Waals surface area (Å²) in [5.74, 6) is -1.97. The Morgan fingerprint density at radius 3 is 2.32 bits per heavy atom. The number of ether oxygens (including phenoxy) is 3. The highest BCUT2D eigenvalue weighted by Crippen LogP contribution is 2.42. The van der Waals surface area contributed by atoms with Crippen LogP contribution in [-0.4, -0.2) is 80.2 Å². The first-order chi connectivity index (χ1) is 16.2. The second-order valence-corrected chi connectivity index (χ2v) is 7.62. The van der Waals surface area contributed by atoms with Gasteiger partial charge in [0.1, 0.15) is 41.3 Å². The number of hydrogen-bond acceptors (Lipinski definition) is 12. The highest BCUT2D eigenvalue weighted by Gasteiger charge is 2.45. The van der Waals surface area contributed by atoms with Crippen molar-refractivity contribution in [3.05, 3.63) is 40.6 Å². The van der Waals surface area contributed by atoms with Crippen LogP contribution in [0.4, 0.5) is 0 Å². The highest BCUT2D eigenvalue weighted by atomic mass is 16.7. The van der Waals surface area contributed by atoms with E-state index in [0.29, 0.717) is 0 Å². The van der Waals surface area contributed by atoms with Gasteiger partial charge >= 0.3 is 0 Å². The zero-order valence-electron chi connectivity index (χ0n) is 17.7. The minimum atomic E-state index is -1.81. The van der Waals surface area contributed by atoms with Crippen LogP contribution in [0.1, 0.15) is 0 Å². The first-order valence-corrected chi connectivity index (χ1v) is 10.0. The Morgan fingerprint density at radius 2 is 1.68 bits per heavy atom. The Balaban J connectivity index is 1.84. The van der Waals surface area contributed by atoms with Crippen LogP contribution < -0.4 is 14.9 Å². The maximum absolute atomic E-state index is 12.8. The number of benzene rings is 2. The van der Waals surface area contributed by atoms with E-state index in [1.807, 2.05) is 0 Å². The van der Waals surface area contributed by atoms with Gasteiger partial charge in [-0.15, -0.1) is 0 Å². The molecule has 2 heterocycles. The van der Waals surface area contributed by atoms with Gasteiger partial charge in [-0.2, -0.15) is 0 Å². The van der Waals surface area contributed by atoms with Gasteiger partial charge in [0.05, 0.1) is 13.7 Å². The summed E-state index contributed by atoms with van der Waals surface area (Å²) in [6.45, 7) is -0.715. The average molecular weight is 478 g/mol. The average Bonchev–Trinajstić information content (AvgIpc) is 2.80. The molecule has 182 valence electrons. The topological polar surface area (TPSA) is 200 Å². The standard InChI is InChI=1S/C22H22O12/c1-31-13-3-2-8(4-9(13)24)14-6-11(26)16-10(25)5-12(27)20(21(16)32-14)34-22-19(30)18(29)17(28)15(7-23)33-22/h2-6,15,17-19,22-25,27-30H,7H2,1H3/t15?,17-,18+,19?,22+/m1/s1. The van der Waals surface area contributed by atoms with Crippen LogP contribution in [0.5, 0.6) is 28.7 Å². The summed E-state index contributed by atoms with van der Waals surface area (Å²) >= 11 is 0. The number of phenolic OH excluding ortho intramolecular Hbond substituents is 3. The molecule has 3 aromatic rings.